The highest BCUT2D eigenvalue weighted by molar-refractivity contribution is 5.97. The van der Waals surface area contributed by atoms with Crippen LogP contribution in [0, 0.1) is 0 Å². The second-order valence-electron chi connectivity index (χ2n) is 5.62. The van der Waals surface area contributed by atoms with E-state index in [1.54, 1.807) is 6.92 Å². The zero-order chi connectivity index (χ0) is 15.4. The Labute approximate surface area is 130 Å². The van der Waals surface area contributed by atoms with Gasteiger partial charge in [-0.3, -0.25) is 4.90 Å². The van der Waals surface area contributed by atoms with E-state index in [-0.39, 0.29) is 12.0 Å². The lowest BCUT2D eigenvalue weighted by molar-refractivity contribution is -0.134. The van der Waals surface area contributed by atoms with E-state index in [2.05, 4.69) is 27.3 Å². The molecule has 1 aromatic carbocycles. The van der Waals surface area contributed by atoms with Gasteiger partial charge in [-0.2, -0.15) is 0 Å². The van der Waals surface area contributed by atoms with Gasteiger partial charge >= 0.3 is 5.97 Å². The number of hydrogen-bond donors (Lipinski definition) is 1. The van der Waals surface area contributed by atoms with Crippen molar-refractivity contribution in [3.63, 3.8) is 0 Å². The van der Waals surface area contributed by atoms with Crippen molar-refractivity contribution in [1.29, 1.82) is 0 Å². The number of cyclic esters (lactones) is 1. The third kappa shape index (κ3) is 3.84. The fourth-order valence-corrected chi connectivity index (χ4v) is 2.54. The number of ether oxygens (including phenoxy) is 2. The quantitative estimate of drug-likeness (QED) is 0.838. The Morgan fingerprint density at radius 1 is 1.32 bits per heavy atom. The fraction of sp³-hybridized carbons (Fsp3) is 0.500. The van der Waals surface area contributed by atoms with Gasteiger partial charge in [0.05, 0.1) is 19.8 Å². The lowest BCUT2D eigenvalue weighted by Gasteiger charge is -2.26. The molecule has 1 N–H and O–H groups in total. The molecule has 1 aromatic rings. The highest BCUT2D eigenvalue weighted by atomic mass is 16.6. The second-order valence-corrected chi connectivity index (χ2v) is 5.62. The van der Waals surface area contributed by atoms with E-state index in [9.17, 15) is 4.79 Å². The van der Waals surface area contributed by atoms with Gasteiger partial charge < -0.3 is 14.8 Å². The van der Waals surface area contributed by atoms with Gasteiger partial charge in [-0.05, 0) is 18.1 Å². The number of carbonyl (C=O) groups is 1. The molecule has 2 fully saturated rings. The summed E-state index contributed by atoms with van der Waals surface area (Å²) >= 11 is 0. The standard InChI is InChI=1S/C16H21N3O3/c1-12-15(20)22-16(18-12)17-10-13-3-2-4-14(9-13)11-19-5-7-21-8-6-19/h2-4,9,12H,5-8,10-11H2,1H3,(H,17,18)/t12-/m1/s1. The maximum Gasteiger partial charge on any atom is 0.336 e. The van der Waals surface area contributed by atoms with Crippen LogP contribution in [-0.4, -0.2) is 49.2 Å². The molecule has 0 aliphatic carbocycles. The van der Waals surface area contributed by atoms with Crippen molar-refractivity contribution in [3.05, 3.63) is 35.4 Å². The third-order valence-electron chi connectivity index (χ3n) is 3.80. The summed E-state index contributed by atoms with van der Waals surface area (Å²) in [4.78, 5) is 18.0. The van der Waals surface area contributed by atoms with Gasteiger partial charge in [0.1, 0.15) is 6.04 Å². The van der Waals surface area contributed by atoms with Crippen LogP contribution in [0.3, 0.4) is 0 Å². The molecule has 2 heterocycles. The SMILES string of the molecule is C[C@H]1NC(=NCc2cccc(CN3CCOCC3)c2)OC1=O. The number of rotatable bonds is 4. The van der Waals surface area contributed by atoms with Crippen LogP contribution in [0.25, 0.3) is 0 Å². The van der Waals surface area contributed by atoms with Crippen LogP contribution in [0.4, 0.5) is 0 Å². The van der Waals surface area contributed by atoms with E-state index in [1.807, 2.05) is 12.1 Å². The molecule has 22 heavy (non-hydrogen) atoms. The van der Waals surface area contributed by atoms with E-state index in [4.69, 9.17) is 9.47 Å². The third-order valence-corrected chi connectivity index (χ3v) is 3.80. The fourth-order valence-electron chi connectivity index (χ4n) is 2.54. The molecule has 0 radical (unpaired) electrons. The van der Waals surface area contributed by atoms with Crippen LogP contribution in [0.2, 0.25) is 0 Å². The molecule has 1 atom stereocenters. The molecule has 2 aliphatic rings. The van der Waals surface area contributed by atoms with Crippen molar-refractivity contribution >= 4 is 12.0 Å². The Balaban J connectivity index is 1.59. The normalized spacial score (nSPS) is 24.3. The molecule has 0 saturated carbocycles. The summed E-state index contributed by atoms with van der Waals surface area (Å²) in [7, 11) is 0. The van der Waals surface area contributed by atoms with E-state index >= 15 is 0 Å². The molecule has 3 rings (SSSR count). The molecule has 0 aromatic heterocycles. The molecular formula is C16H21N3O3. The molecule has 2 saturated heterocycles. The number of nitrogens with one attached hydrogen (secondary N) is 1. The van der Waals surface area contributed by atoms with E-state index < -0.39 is 0 Å². The summed E-state index contributed by atoms with van der Waals surface area (Å²) in [5.41, 5.74) is 2.38. The number of nitrogens with zero attached hydrogens (tertiary/aromatic N) is 2. The molecule has 0 amide bonds. The van der Waals surface area contributed by atoms with Gasteiger partial charge in [0, 0.05) is 19.6 Å². The Bertz CT molecular complexity index is 568. The number of carbonyl (C=O) groups excluding carboxylic acids is 1. The lowest BCUT2D eigenvalue weighted by atomic mass is 10.1. The first-order valence-electron chi connectivity index (χ1n) is 7.61. The number of morpholine rings is 1. The van der Waals surface area contributed by atoms with Gasteiger partial charge in [0.2, 0.25) is 0 Å². The minimum absolute atomic E-state index is 0.278. The Kier molecular flexibility index (Phi) is 4.70. The van der Waals surface area contributed by atoms with Crippen molar-refractivity contribution in [3.8, 4) is 0 Å². The highest BCUT2D eigenvalue weighted by Gasteiger charge is 2.26. The van der Waals surface area contributed by atoms with Crippen molar-refractivity contribution < 1.29 is 14.3 Å². The molecular weight excluding hydrogens is 282 g/mol. The summed E-state index contributed by atoms with van der Waals surface area (Å²) in [6, 6.07) is 8.36. The average Bonchev–Trinajstić information content (AvgIpc) is 2.85. The van der Waals surface area contributed by atoms with Gasteiger partial charge in [-0.15, -0.1) is 0 Å². The minimum atomic E-state index is -0.314. The van der Waals surface area contributed by atoms with E-state index in [0.717, 1.165) is 38.4 Å². The molecule has 0 bridgehead atoms. The summed E-state index contributed by atoms with van der Waals surface area (Å²) in [5.74, 6) is -0.278. The monoisotopic (exact) mass is 303 g/mol. The minimum Gasteiger partial charge on any atom is -0.391 e. The Morgan fingerprint density at radius 3 is 2.82 bits per heavy atom. The van der Waals surface area contributed by atoms with Gasteiger partial charge in [0.25, 0.3) is 6.02 Å². The van der Waals surface area contributed by atoms with Gasteiger partial charge in [-0.1, -0.05) is 24.3 Å². The van der Waals surface area contributed by atoms with Crippen molar-refractivity contribution in [1.82, 2.24) is 10.2 Å². The van der Waals surface area contributed by atoms with Crippen molar-refractivity contribution in [2.24, 2.45) is 4.99 Å². The van der Waals surface area contributed by atoms with E-state index in [0.29, 0.717) is 12.6 Å². The number of benzene rings is 1. The number of esters is 1. The molecule has 6 nitrogen and oxygen atoms in total. The average molecular weight is 303 g/mol. The first kappa shape index (κ1) is 15.0. The zero-order valence-corrected chi connectivity index (χ0v) is 12.7. The van der Waals surface area contributed by atoms with Crippen LogP contribution in [-0.2, 0) is 27.4 Å². The highest BCUT2D eigenvalue weighted by Crippen LogP contribution is 2.11. The molecule has 0 spiro atoms. The largest absolute Gasteiger partial charge is 0.391 e. The predicted molar refractivity (Wildman–Crippen MR) is 82.4 cm³/mol. The second kappa shape index (κ2) is 6.89. The van der Waals surface area contributed by atoms with Crippen LogP contribution in [0.15, 0.2) is 29.3 Å². The maximum atomic E-state index is 11.3. The predicted octanol–water partition coefficient (Wildman–Crippen LogP) is 0.910. The van der Waals surface area contributed by atoms with Crippen LogP contribution >= 0.6 is 0 Å². The first-order chi connectivity index (χ1) is 10.7. The van der Waals surface area contributed by atoms with E-state index in [1.165, 1.54) is 5.56 Å². The molecule has 0 unspecified atom stereocenters. The number of amidine groups is 1. The van der Waals surface area contributed by atoms with Crippen LogP contribution in [0.1, 0.15) is 18.1 Å². The lowest BCUT2D eigenvalue weighted by Crippen LogP contribution is -2.35. The number of aliphatic imine (C=N–C) groups is 1. The maximum absolute atomic E-state index is 11.3. The summed E-state index contributed by atoms with van der Waals surface area (Å²) in [6.45, 7) is 6.75. The summed E-state index contributed by atoms with van der Waals surface area (Å²) < 4.78 is 10.4. The van der Waals surface area contributed by atoms with Gasteiger partial charge in [-0.25, -0.2) is 9.79 Å². The Morgan fingerprint density at radius 2 is 2.09 bits per heavy atom. The Hall–Kier alpha value is -1.92. The smallest absolute Gasteiger partial charge is 0.336 e. The topological polar surface area (TPSA) is 63.2 Å². The van der Waals surface area contributed by atoms with Crippen LogP contribution in [0.5, 0.6) is 0 Å². The summed E-state index contributed by atoms with van der Waals surface area (Å²) in [6.07, 6.45) is 0. The molecule has 2 aliphatic heterocycles. The van der Waals surface area contributed by atoms with Crippen LogP contribution < -0.4 is 5.32 Å². The summed E-state index contributed by atoms with van der Waals surface area (Å²) in [5, 5.41) is 2.91. The first-order valence-corrected chi connectivity index (χ1v) is 7.61. The van der Waals surface area contributed by atoms with Crippen molar-refractivity contribution in [2.75, 3.05) is 26.3 Å². The molecule has 118 valence electrons. The zero-order valence-electron chi connectivity index (χ0n) is 12.7. The van der Waals surface area contributed by atoms with Gasteiger partial charge in [0.15, 0.2) is 0 Å². The number of hydrogen-bond acceptors (Lipinski definition) is 5. The van der Waals surface area contributed by atoms with Crippen molar-refractivity contribution in [2.45, 2.75) is 26.1 Å². The molecule has 6 heteroatoms.